The molecule has 1 atom stereocenters. The minimum absolute atomic E-state index is 0.0142. The third kappa shape index (κ3) is 6.02. The molecule has 5 rings (SSSR count). The van der Waals surface area contributed by atoms with Crippen LogP contribution in [0.4, 0.5) is 5.69 Å². The second-order valence-electron chi connectivity index (χ2n) is 12.0. The van der Waals surface area contributed by atoms with Gasteiger partial charge in [0, 0.05) is 41.8 Å². The summed E-state index contributed by atoms with van der Waals surface area (Å²) in [4.78, 5) is 27.5. The molecule has 2 heterocycles. The third-order valence-electron chi connectivity index (χ3n) is 8.18. The molecular weight excluding hydrogens is 512 g/mol. The van der Waals surface area contributed by atoms with Crippen molar-refractivity contribution in [2.45, 2.75) is 58.9 Å². The Bertz CT molecular complexity index is 1540. The molecule has 1 fully saturated rings. The van der Waals surface area contributed by atoms with E-state index in [2.05, 4.69) is 56.0 Å². The number of carbonyl (C=O) groups excluding carboxylic acids is 1. The van der Waals surface area contributed by atoms with Crippen LogP contribution in [0.15, 0.2) is 72.8 Å². The largest absolute Gasteiger partial charge is 0.477 e. The molecule has 1 aliphatic rings. The predicted molar refractivity (Wildman–Crippen MR) is 165 cm³/mol. The Kier molecular flexibility index (Phi) is 8.20. The van der Waals surface area contributed by atoms with Gasteiger partial charge in [-0.05, 0) is 66.5 Å². The first-order valence-corrected chi connectivity index (χ1v) is 14.6. The average molecular weight is 553 g/mol. The number of para-hydroxylation sites is 1. The molecule has 6 heteroatoms. The van der Waals surface area contributed by atoms with E-state index in [1.54, 1.807) is 0 Å². The van der Waals surface area contributed by atoms with Crippen LogP contribution < -0.4 is 4.90 Å². The number of carboxylic acid groups (broad SMARTS) is 1. The maximum atomic E-state index is 12.8. The number of benzene rings is 3. The molecule has 1 saturated heterocycles. The van der Waals surface area contributed by atoms with Crippen molar-refractivity contribution in [2.75, 3.05) is 24.6 Å². The van der Waals surface area contributed by atoms with Crippen LogP contribution in [0.5, 0.6) is 0 Å². The zero-order valence-electron chi connectivity index (χ0n) is 24.5. The van der Waals surface area contributed by atoms with E-state index in [1.807, 2.05) is 54.0 Å². The summed E-state index contributed by atoms with van der Waals surface area (Å²) < 4.78 is 7.21. The van der Waals surface area contributed by atoms with Crippen molar-refractivity contribution in [3.63, 3.8) is 0 Å². The highest BCUT2D eigenvalue weighted by Gasteiger charge is 2.26. The highest BCUT2D eigenvalue weighted by Crippen LogP contribution is 2.37. The predicted octanol–water partition coefficient (Wildman–Crippen LogP) is 7.52. The van der Waals surface area contributed by atoms with Crippen molar-refractivity contribution in [1.29, 1.82) is 0 Å². The van der Waals surface area contributed by atoms with Crippen LogP contribution in [-0.2, 0) is 21.5 Å². The van der Waals surface area contributed by atoms with E-state index >= 15 is 0 Å². The molecule has 1 N–H and O–H groups in total. The second-order valence-corrected chi connectivity index (χ2v) is 12.0. The van der Waals surface area contributed by atoms with Crippen LogP contribution in [-0.4, -0.2) is 41.3 Å². The van der Waals surface area contributed by atoms with Gasteiger partial charge in [-0.3, -0.25) is 4.79 Å². The lowest BCUT2D eigenvalue weighted by Crippen LogP contribution is -2.25. The molecule has 1 aliphatic heterocycles. The Morgan fingerprint density at radius 2 is 1.71 bits per heavy atom. The number of aromatic nitrogens is 1. The van der Waals surface area contributed by atoms with Gasteiger partial charge in [0.05, 0.1) is 12.5 Å². The number of aromatic carboxylic acids is 1. The number of fused-ring (bicyclic) bond motifs is 1. The van der Waals surface area contributed by atoms with Gasteiger partial charge >= 0.3 is 11.9 Å². The third-order valence-corrected chi connectivity index (χ3v) is 8.18. The topological polar surface area (TPSA) is 71.8 Å². The SMILES string of the molecule is CCOC(=O)C1CCCN(c2cccc(Cn3c(C(=O)O)c(-c4ccc(C(C)(C)C)cc4)c4ccccc43)c2)CC1. The van der Waals surface area contributed by atoms with Gasteiger partial charge in [-0.2, -0.15) is 0 Å². The summed E-state index contributed by atoms with van der Waals surface area (Å²) in [6, 6.07) is 24.6. The van der Waals surface area contributed by atoms with Crippen LogP contribution in [0.3, 0.4) is 0 Å². The number of ether oxygens (including phenoxy) is 1. The quantitative estimate of drug-likeness (QED) is 0.240. The molecule has 6 nitrogen and oxygen atoms in total. The van der Waals surface area contributed by atoms with Gasteiger partial charge < -0.3 is 19.3 Å². The van der Waals surface area contributed by atoms with Crippen molar-refractivity contribution in [3.8, 4) is 11.1 Å². The Morgan fingerprint density at radius 3 is 2.41 bits per heavy atom. The first-order chi connectivity index (χ1) is 19.7. The van der Waals surface area contributed by atoms with Crippen molar-refractivity contribution in [2.24, 2.45) is 5.92 Å². The highest BCUT2D eigenvalue weighted by atomic mass is 16.5. The van der Waals surface area contributed by atoms with E-state index in [-0.39, 0.29) is 17.3 Å². The molecule has 0 aliphatic carbocycles. The number of carbonyl (C=O) groups is 2. The molecule has 3 aromatic carbocycles. The standard InChI is InChI=1S/C35H40N2O4/c1-5-41-34(40)26-11-9-20-36(21-19-26)28-12-8-10-24(22-28)23-37-30-14-7-6-13-29(30)31(32(37)33(38)39)25-15-17-27(18-16-25)35(2,3)4/h6-8,10,12-18,22,26H,5,9,11,19-21,23H2,1-4H3,(H,38,39). The molecule has 0 spiro atoms. The van der Waals surface area contributed by atoms with Crippen molar-refractivity contribution >= 4 is 28.5 Å². The maximum absolute atomic E-state index is 12.8. The molecule has 0 saturated carbocycles. The minimum Gasteiger partial charge on any atom is -0.477 e. The molecule has 0 radical (unpaired) electrons. The lowest BCUT2D eigenvalue weighted by molar-refractivity contribution is -0.148. The maximum Gasteiger partial charge on any atom is 0.353 e. The summed E-state index contributed by atoms with van der Waals surface area (Å²) in [6.45, 7) is 10.9. The zero-order chi connectivity index (χ0) is 29.1. The Labute approximate surface area is 242 Å². The smallest absolute Gasteiger partial charge is 0.353 e. The lowest BCUT2D eigenvalue weighted by Gasteiger charge is -2.23. The summed E-state index contributed by atoms with van der Waals surface area (Å²) in [5, 5.41) is 11.4. The molecule has 4 aromatic rings. The first-order valence-electron chi connectivity index (χ1n) is 14.6. The number of nitrogens with zero attached hydrogens (tertiary/aromatic N) is 2. The zero-order valence-corrected chi connectivity index (χ0v) is 24.5. The monoisotopic (exact) mass is 552 g/mol. The molecular formula is C35H40N2O4. The fourth-order valence-corrected chi connectivity index (χ4v) is 6.00. The van der Waals surface area contributed by atoms with Crippen molar-refractivity contribution < 1.29 is 19.4 Å². The number of esters is 1. The van der Waals surface area contributed by atoms with Crippen molar-refractivity contribution in [3.05, 3.63) is 89.6 Å². The number of carboxylic acids is 1. The van der Waals surface area contributed by atoms with Crippen LogP contribution >= 0.6 is 0 Å². The van der Waals surface area contributed by atoms with Gasteiger partial charge in [-0.15, -0.1) is 0 Å². The van der Waals surface area contributed by atoms with Gasteiger partial charge in [0.1, 0.15) is 5.69 Å². The number of hydrogen-bond donors (Lipinski definition) is 1. The van der Waals surface area contributed by atoms with E-state index in [4.69, 9.17) is 4.74 Å². The molecule has 1 unspecified atom stereocenters. The fraction of sp³-hybridized carbons (Fsp3) is 0.371. The average Bonchev–Trinajstić information content (AvgIpc) is 3.08. The fourth-order valence-electron chi connectivity index (χ4n) is 6.00. The summed E-state index contributed by atoms with van der Waals surface area (Å²) in [6.07, 6.45) is 2.54. The van der Waals surface area contributed by atoms with E-state index in [0.717, 1.165) is 65.6 Å². The minimum atomic E-state index is -0.940. The van der Waals surface area contributed by atoms with E-state index < -0.39 is 5.97 Å². The Morgan fingerprint density at radius 1 is 0.951 bits per heavy atom. The summed E-state index contributed by atoms with van der Waals surface area (Å²) in [7, 11) is 0. The van der Waals surface area contributed by atoms with E-state index in [1.165, 1.54) is 5.56 Å². The van der Waals surface area contributed by atoms with E-state index in [9.17, 15) is 14.7 Å². The van der Waals surface area contributed by atoms with Crippen LogP contribution in [0.25, 0.3) is 22.0 Å². The summed E-state index contributed by atoms with van der Waals surface area (Å²) in [5.41, 5.74) is 6.21. The normalized spacial score (nSPS) is 16.0. The van der Waals surface area contributed by atoms with Gasteiger partial charge in [0.15, 0.2) is 0 Å². The summed E-state index contributed by atoms with van der Waals surface area (Å²) >= 11 is 0. The molecule has 0 amide bonds. The molecule has 214 valence electrons. The Balaban J connectivity index is 1.49. The van der Waals surface area contributed by atoms with E-state index in [0.29, 0.717) is 18.8 Å². The van der Waals surface area contributed by atoms with Crippen LogP contribution in [0, 0.1) is 5.92 Å². The van der Waals surface area contributed by atoms with Crippen LogP contribution in [0.1, 0.15) is 68.6 Å². The van der Waals surface area contributed by atoms with Gasteiger partial charge in [-0.25, -0.2) is 4.79 Å². The highest BCUT2D eigenvalue weighted by molar-refractivity contribution is 6.08. The van der Waals surface area contributed by atoms with Gasteiger partial charge in [-0.1, -0.05) is 75.4 Å². The number of anilines is 1. The molecule has 1 aromatic heterocycles. The molecule has 0 bridgehead atoms. The first kappa shape index (κ1) is 28.5. The molecule has 41 heavy (non-hydrogen) atoms. The second kappa shape index (κ2) is 11.8. The van der Waals surface area contributed by atoms with Crippen LogP contribution in [0.2, 0.25) is 0 Å². The van der Waals surface area contributed by atoms with Gasteiger partial charge in [0.2, 0.25) is 0 Å². The van der Waals surface area contributed by atoms with Gasteiger partial charge in [0.25, 0.3) is 0 Å². The Hall–Kier alpha value is -4.06. The number of rotatable bonds is 7. The number of hydrogen-bond acceptors (Lipinski definition) is 4. The van der Waals surface area contributed by atoms with Crippen molar-refractivity contribution in [1.82, 2.24) is 4.57 Å². The summed E-state index contributed by atoms with van der Waals surface area (Å²) in [5.74, 6) is -1.08. The lowest BCUT2D eigenvalue weighted by atomic mass is 9.86.